The van der Waals surface area contributed by atoms with Crippen molar-refractivity contribution in [3.63, 3.8) is 0 Å². The van der Waals surface area contributed by atoms with Crippen molar-refractivity contribution in [3.05, 3.63) is 48.6 Å². The van der Waals surface area contributed by atoms with Crippen LogP contribution in [0.15, 0.2) is 48.6 Å². The first-order chi connectivity index (χ1) is 15.6. The first-order valence-corrected chi connectivity index (χ1v) is 13.0. The first kappa shape index (κ1) is 31.8. The number of hydrogen-bond acceptors (Lipinski definition) is 4. The second-order valence-electron chi connectivity index (χ2n) is 10.4. The molecule has 2 atom stereocenters. The highest BCUT2D eigenvalue weighted by Gasteiger charge is 2.38. The van der Waals surface area contributed by atoms with Crippen LogP contribution in [-0.4, -0.2) is 60.1 Å². The Bertz CT molecular complexity index is 553. The number of nitrogens with zero attached hydrogens (tertiary/aromatic N) is 2. The van der Waals surface area contributed by atoms with Gasteiger partial charge in [-0.25, -0.2) is 0 Å². The lowest BCUT2D eigenvalue weighted by Crippen LogP contribution is -2.57. The Kier molecular flexibility index (Phi) is 16.6. The quantitative estimate of drug-likeness (QED) is 0.217. The average Bonchev–Trinajstić information content (AvgIpc) is 2.77. The Balaban J connectivity index is 5.68. The smallest absolute Gasteiger partial charge is 0.0371 e. The molecule has 2 unspecified atom stereocenters. The van der Waals surface area contributed by atoms with E-state index in [4.69, 9.17) is 11.5 Å². The van der Waals surface area contributed by atoms with E-state index in [1.807, 2.05) is 0 Å². The van der Waals surface area contributed by atoms with Gasteiger partial charge in [0.05, 0.1) is 0 Å². The van der Waals surface area contributed by atoms with Crippen LogP contribution in [0.5, 0.6) is 0 Å². The van der Waals surface area contributed by atoms with E-state index in [1.165, 1.54) is 11.1 Å². The van der Waals surface area contributed by atoms with Gasteiger partial charge in [-0.05, 0) is 119 Å². The predicted octanol–water partition coefficient (Wildman–Crippen LogP) is 6.06. The molecular weight excluding hydrogens is 404 g/mol. The summed E-state index contributed by atoms with van der Waals surface area (Å²) >= 11 is 0. The zero-order valence-corrected chi connectivity index (χ0v) is 23.0. The summed E-state index contributed by atoms with van der Waals surface area (Å²) in [5, 5.41) is 0. The summed E-state index contributed by atoms with van der Waals surface area (Å²) in [5.41, 5.74) is 14.1. The minimum Gasteiger partial charge on any atom is -0.330 e. The van der Waals surface area contributed by atoms with Crippen LogP contribution in [0, 0.1) is 0 Å². The van der Waals surface area contributed by atoms with Gasteiger partial charge in [-0.1, -0.05) is 35.5 Å². The molecule has 0 aliphatic heterocycles. The van der Waals surface area contributed by atoms with Crippen molar-refractivity contribution >= 4 is 0 Å². The summed E-state index contributed by atoms with van der Waals surface area (Å²) in [6.45, 7) is 27.6. The molecule has 0 aliphatic rings. The Morgan fingerprint density at radius 2 is 1.09 bits per heavy atom. The van der Waals surface area contributed by atoms with Gasteiger partial charge >= 0.3 is 0 Å². The summed E-state index contributed by atoms with van der Waals surface area (Å²) in [4.78, 5) is 5.20. The molecule has 0 radical (unpaired) electrons. The fourth-order valence-corrected chi connectivity index (χ4v) is 4.51. The summed E-state index contributed by atoms with van der Waals surface area (Å²) in [5.74, 6) is 0. The number of nitrogens with two attached hydrogens (primary N) is 2. The Morgan fingerprint density at radius 3 is 1.42 bits per heavy atom. The second-order valence-corrected chi connectivity index (χ2v) is 10.4. The topological polar surface area (TPSA) is 58.5 Å². The maximum atomic E-state index is 5.78. The summed E-state index contributed by atoms with van der Waals surface area (Å²) in [7, 11) is 0. The molecule has 0 amide bonds. The van der Waals surface area contributed by atoms with Crippen molar-refractivity contribution in [1.82, 2.24) is 9.80 Å². The molecule has 192 valence electrons. The Hall–Kier alpha value is -1.20. The average molecular weight is 461 g/mol. The molecule has 0 aromatic carbocycles. The predicted molar refractivity (Wildman–Crippen MR) is 150 cm³/mol. The van der Waals surface area contributed by atoms with Crippen LogP contribution in [0.25, 0.3) is 0 Å². The van der Waals surface area contributed by atoms with Crippen molar-refractivity contribution in [2.45, 2.75) is 97.6 Å². The van der Waals surface area contributed by atoms with E-state index in [2.05, 4.69) is 88.8 Å². The maximum Gasteiger partial charge on any atom is 0.0371 e. The monoisotopic (exact) mass is 460 g/mol. The van der Waals surface area contributed by atoms with E-state index < -0.39 is 0 Å². The molecule has 0 bridgehead atoms. The third kappa shape index (κ3) is 12.7. The number of hydrogen-bond donors (Lipinski definition) is 2. The third-order valence-electron chi connectivity index (χ3n) is 6.73. The van der Waals surface area contributed by atoms with Crippen molar-refractivity contribution in [3.8, 4) is 0 Å². The third-order valence-corrected chi connectivity index (χ3v) is 6.73. The summed E-state index contributed by atoms with van der Waals surface area (Å²) in [6, 6.07) is 0. The van der Waals surface area contributed by atoms with Crippen LogP contribution in [-0.2, 0) is 0 Å². The van der Waals surface area contributed by atoms with Crippen LogP contribution in [0.3, 0.4) is 0 Å². The van der Waals surface area contributed by atoms with E-state index in [0.717, 1.165) is 84.2 Å². The highest BCUT2D eigenvalue weighted by Crippen LogP contribution is 2.35. The van der Waals surface area contributed by atoms with Crippen molar-refractivity contribution in [1.29, 1.82) is 0 Å². The van der Waals surface area contributed by atoms with Gasteiger partial charge in [-0.3, -0.25) is 4.90 Å². The minimum absolute atomic E-state index is 0.0980. The highest BCUT2D eigenvalue weighted by molar-refractivity contribution is 5.13. The van der Waals surface area contributed by atoms with Crippen molar-refractivity contribution in [2.75, 3.05) is 39.3 Å². The molecule has 4 N–H and O–H groups in total. The van der Waals surface area contributed by atoms with Crippen LogP contribution in [0.4, 0.5) is 0 Å². The van der Waals surface area contributed by atoms with Crippen molar-refractivity contribution in [2.24, 2.45) is 11.5 Å². The minimum atomic E-state index is -0.0980. The second kappa shape index (κ2) is 17.3. The molecule has 0 aromatic rings. The lowest BCUT2D eigenvalue weighted by atomic mass is 9.83. The SMILES string of the molecule is C=CC(C)(CCC=C(C)C)N(CCCN(CCCN)CCCN)C(C)(C=C)CCC=C(C)C. The van der Waals surface area contributed by atoms with E-state index in [0.29, 0.717) is 0 Å². The molecule has 0 fully saturated rings. The number of allylic oxidation sites excluding steroid dienone is 4. The van der Waals surface area contributed by atoms with Gasteiger partial charge in [0.25, 0.3) is 0 Å². The summed E-state index contributed by atoms with van der Waals surface area (Å²) in [6.07, 6.45) is 16.4. The Morgan fingerprint density at radius 1 is 0.697 bits per heavy atom. The molecule has 0 heterocycles. The van der Waals surface area contributed by atoms with Crippen LogP contribution in [0.1, 0.15) is 86.5 Å². The lowest BCUT2D eigenvalue weighted by molar-refractivity contribution is 0.0381. The summed E-state index contributed by atoms with van der Waals surface area (Å²) < 4.78 is 0. The van der Waals surface area contributed by atoms with E-state index >= 15 is 0 Å². The lowest BCUT2D eigenvalue weighted by Gasteiger charge is -2.50. The first-order valence-electron chi connectivity index (χ1n) is 13.0. The van der Waals surface area contributed by atoms with E-state index in [9.17, 15) is 0 Å². The zero-order valence-electron chi connectivity index (χ0n) is 23.0. The molecular formula is C29H56N4. The molecule has 0 aromatic heterocycles. The molecule has 0 aliphatic carbocycles. The standard InChI is InChI=1S/C29H56N4/c1-9-28(7,18-11-16-26(3)4)33(29(8,10-2)19-12-17-27(5)6)25-15-24-32(22-13-20-30)23-14-21-31/h9-10,16-17H,1-2,11-15,18-25,30-31H2,3-8H3. The van der Waals surface area contributed by atoms with Gasteiger partial charge < -0.3 is 16.4 Å². The molecule has 0 saturated carbocycles. The normalized spacial score (nSPS) is 15.1. The largest absolute Gasteiger partial charge is 0.330 e. The van der Waals surface area contributed by atoms with Gasteiger partial charge in [0.15, 0.2) is 0 Å². The van der Waals surface area contributed by atoms with Gasteiger partial charge in [-0.15, -0.1) is 13.2 Å². The van der Waals surface area contributed by atoms with Crippen molar-refractivity contribution < 1.29 is 0 Å². The van der Waals surface area contributed by atoms with Gasteiger partial charge in [-0.2, -0.15) is 0 Å². The van der Waals surface area contributed by atoms with Gasteiger partial charge in [0.2, 0.25) is 0 Å². The van der Waals surface area contributed by atoms with Gasteiger partial charge in [0, 0.05) is 17.6 Å². The van der Waals surface area contributed by atoms with E-state index in [-0.39, 0.29) is 11.1 Å². The Labute approximate surface area is 206 Å². The highest BCUT2D eigenvalue weighted by atomic mass is 15.3. The van der Waals surface area contributed by atoms with Crippen LogP contribution >= 0.6 is 0 Å². The van der Waals surface area contributed by atoms with E-state index in [1.54, 1.807) is 0 Å². The van der Waals surface area contributed by atoms with Gasteiger partial charge in [0.1, 0.15) is 0 Å². The molecule has 4 heteroatoms. The molecule has 4 nitrogen and oxygen atoms in total. The molecule has 0 spiro atoms. The maximum absolute atomic E-state index is 5.78. The fraction of sp³-hybridized carbons (Fsp3) is 0.724. The van der Waals surface area contributed by atoms with Crippen LogP contribution in [0.2, 0.25) is 0 Å². The molecule has 0 saturated heterocycles. The zero-order chi connectivity index (χ0) is 25.3. The number of rotatable bonds is 20. The van der Waals surface area contributed by atoms with Crippen LogP contribution < -0.4 is 11.5 Å². The fourth-order valence-electron chi connectivity index (χ4n) is 4.51. The molecule has 0 rings (SSSR count). The molecule has 33 heavy (non-hydrogen) atoms.